The topological polar surface area (TPSA) is 60.9 Å². The Bertz CT molecular complexity index is 311. The van der Waals surface area contributed by atoms with Gasteiger partial charge in [0.15, 0.2) is 0 Å². The molecular formula is C9H20N2O3S. The van der Waals surface area contributed by atoms with E-state index in [1.807, 2.05) is 19.0 Å². The summed E-state index contributed by atoms with van der Waals surface area (Å²) in [5.41, 5.74) is -0.985. The summed E-state index contributed by atoms with van der Waals surface area (Å²) in [5, 5.41) is 10.0. The zero-order chi connectivity index (χ0) is 11.7. The number of aliphatic hydroxyl groups is 1. The predicted octanol–water partition coefficient (Wildman–Crippen LogP) is -0.665. The SMILES string of the molecule is CN(C)CC(C)(O)CN1CCCS1(=O)=O. The van der Waals surface area contributed by atoms with E-state index in [0.29, 0.717) is 19.5 Å². The monoisotopic (exact) mass is 236 g/mol. The van der Waals surface area contributed by atoms with Crippen LogP contribution in [0.15, 0.2) is 0 Å². The molecular weight excluding hydrogens is 216 g/mol. The largest absolute Gasteiger partial charge is 0.387 e. The van der Waals surface area contributed by atoms with Crippen molar-refractivity contribution < 1.29 is 13.5 Å². The highest BCUT2D eigenvalue weighted by Crippen LogP contribution is 2.17. The number of hydrogen-bond donors (Lipinski definition) is 1. The third kappa shape index (κ3) is 3.71. The Kier molecular flexibility index (Phi) is 3.76. The molecule has 6 heteroatoms. The second-order valence-corrected chi connectivity index (χ2v) is 6.83. The van der Waals surface area contributed by atoms with Crippen molar-refractivity contribution in [3.63, 3.8) is 0 Å². The number of hydrogen-bond acceptors (Lipinski definition) is 4. The van der Waals surface area contributed by atoms with E-state index >= 15 is 0 Å². The van der Waals surface area contributed by atoms with Gasteiger partial charge in [-0.2, -0.15) is 4.31 Å². The van der Waals surface area contributed by atoms with Gasteiger partial charge in [0.1, 0.15) is 0 Å². The Hall–Kier alpha value is -0.170. The van der Waals surface area contributed by atoms with Crippen LogP contribution in [0.4, 0.5) is 0 Å². The highest BCUT2D eigenvalue weighted by Gasteiger charge is 2.34. The lowest BCUT2D eigenvalue weighted by Gasteiger charge is -2.30. The Morgan fingerprint density at radius 2 is 2.07 bits per heavy atom. The molecule has 0 spiro atoms. The maximum Gasteiger partial charge on any atom is 0.214 e. The molecule has 1 aliphatic rings. The van der Waals surface area contributed by atoms with Crippen molar-refractivity contribution in [3.8, 4) is 0 Å². The second kappa shape index (κ2) is 4.37. The number of nitrogens with zero attached hydrogens (tertiary/aromatic N) is 2. The van der Waals surface area contributed by atoms with Crippen LogP contribution in [0.1, 0.15) is 13.3 Å². The van der Waals surface area contributed by atoms with E-state index in [1.165, 1.54) is 4.31 Å². The first kappa shape index (κ1) is 12.9. The lowest BCUT2D eigenvalue weighted by Crippen LogP contribution is -2.47. The molecule has 1 fully saturated rings. The van der Waals surface area contributed by atoms with Gasteiger partial charge < -0.3 is 10.0 Å². The zero-order valence-electron chi connectivity index (χ0n) is 9.60. The van der Waals surface area contributed by atoms with Gasteiger partial charge in [0.05, 0.1) is 11.4 Å². The van der Waals surface area contributed by atoms with E-state index < -0.39 is 15.6 Å². The predicted molar refractivity (Wildman–Crippen MR) is 59.2 cm³/mol. The quantitative estimate of drug-likeness (QED) is 0.703. The van der Waals surface area contributed by atoms with E-state index in [4.69, 9.17) is 0 Å². The molecule has 1 saturated heterocycles. The fourth-order valence-corrected chi connectivity index (χ4v) is 3.61. The average Bonchev–Trinajstić information content (AvgIpc) is 2.26. The van der Waals surface area contributed by atoms with Crippen LogP contribution in [0.25, 0.3) is 0 Å². The fraction of sp³-hybridized carbons (Fsp3) is 1.00. The highest BCUT2D eigenvalue weighted by molar-refractivity contribution is 7.89. The van der Waals surface area contributed by atoms with Gasteiger partial charge in [0.2, 0.25) is 10.0 Å². The fourth-order valence-electron chi connectivity index (χ4n) is 1.98. The smallest absolute Gasteiger partial charge is 0.214 e. The zero-order valence-corrected chi connectivity index (χ0v) is 10.4. The molecule has 0 saturated carbocycles. The minimum atomic E-state index is -3.10. The average molecular weight is 236 g/mol. The van der Waals surface area contributed by atoms with Gasteiger partial charge in [-0.1, -0.05) is 0 Å². The first-order valence-electron chi connectivity index (χ1n) is 5.08. The molecule has 0 aromatic carbocycles. The van der Waals surface area contributed by atoms with Gasteiger partial charge in [-0.15, -0.1) is 0 Å². The van der Waals surface area contributed by atoms with Crippen molar-refractivity contribution in [1.29, 1.82) is 0 Å². The molecule has 1 rings (SSSR count). The van der Waals surface area contributed by atoms with Gasteiger partial charge in [-0.3, -0.25) is 0 Å². The minimum absolute atomic E-state index is 0.188. The van der Waals surface area contributed by atoms with Crippen molar-refractivity contribution in [1.82, 2.24) is 9.21 Å². The van der Waals surface area contributed by atoms with Crippen molar-refractivity contribution in [2.75, 3.05) is 39.5 Å². The van der Waals surface area contributed by atoms with Gasteiger partial charge in [-0.25, -0.2) is 8.42 Å². The molecule has 1 unspecified atom stereocenters. The first-order valence-corrected chi connectivity index (χ1v) is 6.69. The van der Waals surface area contributed by atoms with E-state index in [-0.39, 0.29) is 12.3 Å². The summed E-state index contributed by atoms with van der Waals surface area (Å²) in [5.74, 6) is 0.213. The Labute approximate surface area is 91.7 Å². The van der Waals surface area contributed by atoms with E-state index in [9.17, 15) is 13.5 Å². The van der Waals surface area contributed by atoms with Crippen LogP contribution in [0.3, 0.4) is 0 Å². The van der Waals surface area contributed by atoms with E-state index in [0.717, 1.165) is 0 Å². The van der Waals surface area contributed by atoms with Crippen LogP contribution in [0, 0.1) is 0 Å². The third-order valence-corrected chi connectivity index (χ3v) is 4.28. The maximum absolute atomic E-state index is 11.5. The summed E-state index contributed by atoms with van der Waals surface area (Å²) in [6.45, 7) is 2.85. The molecule has 0 radical (unpaired) electrons. The Morgan fingerprint density at radius 1 is 1.47 bits per heavy atom. The first-order chi connectivity index (χ1) is 6.73. The summed E-state index contributed by atoms with van der Waals surface area (Å²) in [6.07, 6.45) is 0.667. The lowest BCUT2D eigenvalue weighted by atomic mass is 10.1. The second-order valence-electron chi connectivity index (χ2n) is 4.74. The molecule has 1 N–H and O–H groups in total. The number of sulfonamides is 1. The lowest BCUT2D eigenvalue weighted by molar-refractivity contribution is 0.0188. The summed E-state index contributed by atoms with van der Waals surface area (Å²) in [4.78, 5) is 1.85. The van der Waals surface area contributed by atoms with Gasteiger partial charge in [0.25, 0.3) is 0 Å². The standard InChI is InChI=1S/C9H20N2O3S/c1-9(12,7-10(2)3)8-11-5-4-6-15(11,13)14/h12H,4-8H2,1-3H3. The van der Waals surface area contributed by atoms with Crippen molar-refractivity contribution >= 4 is 10.0 Å². The summed E-state index contributed by atoms with van der Waals surface area (Å²) < 4.78 is 24.4. The van der Waals surface area contributed by atoms with Crippen molar-refractivity contribution in [2.24, 2.45) is 0 Å². The molecule has 1 heterocycles. The number of β-amino-alcohol motifs (C(OH)–C–C–N with tert-alkyl or cyclic N) is 1. The molecule has 1 atom stereocenters. The Morgan fingerprint density at radius 3 is 2.47 bits per heavy atom. The minimum Gasteiger partial charge on any atom is -0.387 e. The van der Waals surface area contributed by atoms with E-state index in [2.05, 4.69) is 0 Å². The van der Waals surface area contributed by atoms with Crippen molar-refractivity contribution in [2.45, 2.75) is 18.9 Å². The van der Waals surface area contributed by atoms with Gasteiger partial charge >= 0.3 is 0 Å². The van der Waals surface area contributed by atoms with Crippen LogP contribution in [-0.4, -0.2) is 67.8 Å². The van der Waals surface area contributed by atoms with Crippen LogP contribution in [-0.2, 0) is 10.0 Å². The third-order valence-electron chi connectivity index (χ3n) is 2.38. The highest BCUT2D eigenvalue weighted by atomic mass is 32.2. The summed E-state index contributed by atoms with van der Waals surface area (Å²) >= 11 is 0. The molecule has 0 aromatic rings. The van der Waals surface area contributed by atoms with Crippen LogP contribution in [0.2, 0.25) is 0 Å². The normalized spacial score (nSPS) is 25.7. The van der Waals surface area contributed by atoms with Crippen LogP contribution in [0.5, 0.6) is 0 Å². The summed E-state index contributed by atoms with van der Waals surface area (Å²) in [6, 6.07) is 0. The number of likely N-dealkylation sites (N-methyl/N-ethyl adjacent to an activating group) is 1. The van der Waals surface area contributed by atoms with Crippen molar-refractivity contribution in [3.05, 3.63) is 0 Å². The summed E-state index contributed by atoms with van der Waals surface area (Å²) in [7, 11) is 0.607. The van der Waals surface area contributed by atoms with E-state index in [1.54, 1.807) is 6.92 Å². The maximum atomic E-state index is 11.5. The number of rotatable bonds is 4. The van der Waals surface area contributed by atoms with Crippen LogP contribution < -0.4 is 0 Å². The van der Waals surface area contributed by atoms with Gasteiger partial charge in [0, 0.05) is 19.6 Å². The molecule has 15 heavy (non-hydrogen) atoms. The molecule has 90 valence electrons. The Balaban J connectivity index is 2.61. The molecule has 0 aliphatic carbocycles. The molecule has 5 nitrogen and oxygen atoms in total. The molecule has 0 amide bonds. The van der Waals surface area contributed by atoms with Gasteiger partial charge in [-0.05, 0) is 27.4 Å². The molecule has 1 aliphatic heterocycles. The molecule has 0 aromatic heterocycles. The van der Waals surface area contributed by atoms with Crippen LogP contribution >= 0.6 is 0 Å². The molecule has 0 bridgehead atoms.